The van der Waals surface area contributed by atoms with E-state index in [0.717, 1.165) is 25.2 Å². The maximum absolute atomic E-state index is 12.5. The molecule has 23 heavy (non-hydrogen) atoms. The third-order valence-corrected chi connectivity index (χ3v) is 4.36. The SMILES string of the molecule is COc1cc(CN2CC(C)NCC2C)cc(Br)c1OC(F)F.Cl. The molecule has 0 saturated carbocycles. The van der Waals surface area contributed by atoms with Crippen LogP contribution in [0.3, 0.4) is 0 Å². The Hall–Kier alpha value is -0.630. The van der Waals surface area contributed by atoms with E-state index in [1.54, 1.807) is 12.1 Å². The molecular formula is C15H22BrClF2N2O2. The number of ether oxygens (including phenoxy) is 2. The summed E-state index contributed by atoms with van der Waals surface area (Å²) in [5.74, 6) is 0.337. The number of rotatable bonds is 5. The third-order valence-electron chi connectivity index (χ3n) is 3.78. The lowest BCUT2D eigenvalue weighted by Crippen LogP contribution is -2.53. The highest BCUT2D eigenvalue weighted by Crippen LogP contribution is 2.38. The summed E-state index contributed by atoms with van der Waals surface area (Å²) in [6, 6.07) is 4.41. The molecule has 2 rings (SSSR count). The summed E-state index contributed by atoms with van der Waals surface area (Å²) in [4.78, 5) is 2.36. The Morgan fingerprint density at radius 1 is 1.39 bits per heavy atom. The zero-order valence-electron chi connectivity index (χ0n) is 13.3. The molecule has 1 aromatic rings. The molecule has 4 nitrogen and oxygen atoms in total. The van der Waals surface area contributed by atoms with Crippen LogP contribution in [0.1, 0.15) is 19.4 Å². The van der Waals surface area contributed by atoms with Crippen LogP contribution in [0.25, 0.3) is 0 Å². The second-order valence-corrected chi connectivity index (χ2v) is 6.43. The maximum Gasteiger partial charge on any atom is 0.387 e. The summed E-state index contributed by atoms with van der Waals surface area (Å²) in [6.45, 7) is 4.04. The second kappa shape index (κ2) is 9.01. The van der Waals surface area contributed by atoms with E-state index in [4.69, 9.17) is 4.74 Å². The van der Waals surface area contributed by atoms with E-state index in [1.807, 2.05) is 0 Å². The fourth-order valence-corrected chi connectivity index (χ4v) is 3.20. The van der Waals surface area contributed by atoms with Crippen molar-refractivity contribution in [3.8, 4) is 11.5 Å². The van der Waals surface area contributed by atoms with Crippen molar-refractivity contribution in [3.05, 3.63) is 22.2 Å². The van der Waals surface area contributed by atoms with Crippen molar-refractivity contribution in [1.29, 1.82) is 0 Å². The van der Waals surface area contributed by atoms with Crippen LogP contribution in [0.15, 0.2) is 16.6 Å². The molecule has 1 saturated heterocycles. The molecule has 0 aliphatic carbocycles. The van der Waals surface area contributed by atoms with Gasteiger partial charge in [-0.3, -0.25) is 4.90 Å². The summed E-state index contributed by atoms with van der Waals surface area (Å²) in [5.41, 5.74) is 0.992. The van der Waals surface area contributed by atoms with E-state index in [1.165, 1.54) is 7.11 Å². The number of benzene rings is 1. The van der Waals surface area contributed by atoms with E-state index < -0.39 is 6.61 Å². The molecule has 1 heterocycles. The van der Waals surface area contributed by atoms with Gasteiger partial charge < -0.3 is 14.8 Å². The van der Waals surface area contributed by atoms with Gasteiger partial charge in [0.2, 0.25) is 0 Å². The summed E-state index contributed by atoms with van der Waals surface area (Å²) in [7, 11) is 1.44. The highest BCUT2D eigenvalue weighted by molar-refractivity contribution is 9.10. The van der Waals surface area contributed by atoms with Gasteiger partial charge in [0, 0.05) is 31.7 Å². The van der Waals surface area contributed by atoms with Crippen LogP contribution in [-0.4, -0.2) is 43.8 Å². The number of hydrogen-bond donors (Lipinski definition) is 1. The molecule has 1 fully saturated rings. The molecule has 1 aromatic carbocycles. The zero-order valence-corrected chi connectivity index (χ0v) is 15.7. The number of methoxy groups -OCH3 is 1. The van der Waals surface area contributed by atoms with Gasteiger partial charge >= 0.3 is 6.61 Å². The predicted molar refractivity (Wildman–Crippen MR) is 91.9 cm³/mol. The Balaban J connectivity index is 0.00000264. The monoisotopic (exact) mass is 414 g/mol. The van der Waals surface area contributed by atoms with Crippen LogP contribution in [-0.2, 0) is 6.54 Å². The van der Waals surface area contributed by atoms with Gasteiger partial charge in [0.05, 0.1) is 11.6 Å². The lowest BCUT2D eigenvalue weighted by atomic mass is 10.1. The molecule has 1 N–H and O–H groups in total. The number of alkyl halides is 2. The van der Waals surface area contributed by atoms with Gasteiger partial charge in [0.25, 0.3) is 0 Å². The predicted octanol–water partition coefficient (Wildman–Crippen LogP) is 3.66. The highest BCUT2D eigenvalue weighted by atomic mass is 79.9. The Kier molecular flexibility index (Phi) is 8.00. The minimum atomic E-state index is -2.88. The number of hydrogen-bond acceptors (Lipinski definition) is 4. The Labute approximate surface area is 150 Å². The van der Waals surface area contributed by atoms with Gasteiger partial charge in [-0.2, -0.15) is 8.78 Å². The fourth-order valence-electron chi connectivity index (χ4n) is 2.62. The van der Waals surface area contributed by atoms with Crippen LogP contribution in [0.2, 0.25) is 0 Å². The van der Waals surface area contributed by atoms with Gasteiger partial charge in [-0.05, 0) is 47.5 Å². The van der Waals surface area contributed by atoms with Gasteiger partial charge in [-0.25, -0.2) is 0 Å². The van der Waals surface area contributed by atoms with E-state index >= 15 is 0 Å². The molecule has 1 aliphatic rings. The average Bonchev–Trinajstić information content (AvgIpc) is 2.45. The number of nitrogens with zero attached hydrogens (tertiary/aromatic N) is 1. The molecular weight excluding hydrogens is 394 g/mol. The normalized spacial score (nSPS) is 21.9. The van der Waals surface area contributed by atoms with Crippen molar-refractivity contribution in [1.82, 2.24) is 10.2 Å². The van der Waals surface area contributed by atoms with Gasteiger partial charge in [0.1, 0.15) is 0 Å². The highest BCUT2D eigenvalue weighted by Gasteiger charge is 2.23. The molecule has 0 bridgehead atoms. The van der Waals surface area contributed by atoms with Crippen LogP contribution >= 0.6 is 28.3 Å². The largest absolute Gasteiger partial charge is 0.493 e. The van der Waals surface area contributed by atoms with Gasteiger partial charge in [0.15, 0.2) is 11.5 Å². The molecule has 1 aliphatic heterocycles. The summed E-state index contributed by atoms with van der Waals surface area (Å²) in [6.07, 6.45) is 0. The summed E-state index contributed by atoms with van der Waals surface area (Å²) >= 11 is 3.29. The third kappa shape index (κ3) is 5.45. The van der Waals surface area contributed by atoms with Gasteiger partial charge in [-0.15, -0.1) is 12.4 Å². The Morgan fingerprint density at radius 2 is 2.09 bits per heavy atom. The first-order chi connectivity index (χ1) is 10.4. The average molecular weight is 416 g/mol. The first-order valence-corrected chi connectivity index (χ1v) is 7.98. The molecule has 0 radical (unpaired) electrons. The topological polar surface area (TPSA) is 33.7 Å². The van der Waals surface area contributed by atoms with Crippen molar-refractivity contribution < 1.29 is 18.3 Å². The first-order valence-electron chi connectivity index (χ1n) is 7.19. The molecule has 0 aromatic heterocycles. The Bertz CT molecular complexity index is 522. The van der Waals surface area contributed by atoms with Crippen LogP contribution in [0, 0.1) is 0 Å². The van der Waals surface area contributed by atoms with Gasteiger partial charge in [-0.1, -0.05) is 0 Å². The number of nitrogens with one attached hydrogen (secondary N) is 1. The fraction of sp³-hybridized carbons (Fsp3) is 0.600. The molecule has 0 amide bonds. The Morgan fingerprint density at radius 3 is 2.70 bits per heavy atom. The minimum absolute atomic E-state index is 0. The number of halogens is 4. The van der Waals surface area contributed by atoms with E-state index in [0.29, 0.717) is 22.3 Å². The second-order valence-electron chi connectivity index (χ2n) is 5.58. The maximum atomic E-state index is 12.5. The van der Waals surface area contributed by atoms with E-state index in [2.05, 4.69) is 44.7 Å². The van der Waals surface area contributed by atoms with Crippen LogP contribution in [0.4, 0.5) is 8.78 Å². The molecule has 8 heteroatoms. The lowest BCUT2D eigenvalue weighted by molar-refractivity contribution is -0.0517. The summed E-state index contributed by atoms with van der Waals surface area (Å²) < 4.78 is 35.1. The van der Waals surface area contributed by atoms with Crippen molar-refractivity contribution in [3.63, 3.8) is 0 Å². The van der Waals surface area contributed by atoms with Crippen molar-refractivity contribution >= 4 is 28.3 Å². The van der Waals surface area contributed by atoms with Crippen LogP contribution in [0.5, 0.6) is 11.5 Å². The molecule has 0 spiro atoms. The van der Waals surface area contributed by atoms with Crippen molar-refractivity contribution in [2.45, 2.75) is 39.1 Å². The smallest absolute Gasteiger partial charge is 0.387 e. The number of piperazine rings is 1. The lowest BCUT2D eigenvalue weighted by Gasteiger charge is -2.37. The molecule has 2 unspecified atom stereocenters. The van der Waals surface area contributed by atoms with E-state index in [-0.39, 0.29) is 18.2 Å². The molecule has 2 atom stereocenters. The quantitative estimate of drug-likeness (QED) is 0.796. The van der Waals surface area contributed by atoms with Crippen LogP contribution < -0.4 is 14.8 Å². The first kappa shape index (κ1) is 20.4. The molecule has 132 valence electrons. The van der Waals surface area contributed by atoms with E-state index in [9.17, 15) is 8.78 Å². The standard InChI is InChI=1S/C15H21BrF2N2O2.ClH/c1-9-7-20(10(2)6-19-9)8-11-4-12(16)14(22-15(17)18)13(5-11)21-3;/h4-5,9-10,15,19H,6-8H2,1-3H3;1H. The zero-order chi connectivity index (χ0) is 16.3. The van der Waals surface area contributed by atoms with Crippen molar-refractivity contribution in [2.24, 2.45) is 0 Å². The van der Waals surface area contributed by atoms with Crippen molar-refractivity contribution in [2.75, 3.05) is 20.2 Å². The summed E-state index contributed by atoms with van der Waals surface area (Å²) in [5, 5.41) is 3.43. The minimum Gasteiger partial charge on any atom is -0.493 e.